The average Bonchev–Trinajstić information content (AvgIpc) is 2.35. The minimum atomic E-state index is -0.618. The van der Waals surface area contributed by atoms with Crippen LogP contribution in [0, 0.1) is 11.6 Å². The number of hydrazine groups is 1. The van der Waals surface area contributed by atoms with Gasteiger partial charge in [-0.05, 0) is 36.4 Å². The Morgan fingerprint density at radius 1 is 1.00 bits per heavy atom. The molecule has 0 atom stereocenters. The van der Waals surface area contributed by atoms with E-state index in [1.807, 2.05) is 0 Å². The molecule has 3 N–H and O–H groups in total. The predicted molar refractivity (Wildman–Crippen MR) is 60.7 cm³/mol. The van der Waals surface area contributed by atoms with Gasteiger partial charge in [0.25, 0.3) is 0 Å². The van der Waals surface area contributed by atoms with E-state index in [9.17, 15) is 8.78 Å². The number of benzene rings is 2. The maximum absolute atomic E-state index is 13.3. The number of nitrogens with one attached hydrogen (secondary N) is 1. The molecule has 0 radical (unpaired) electrons. The molecule has 0 saturated carbocycles. The van der Waals surface area contributed by atoms with Crippen molar-refractivity contribution in [3.05, 3.63) is 54.1 Å². The Morgan fingerprint density at radius 2 is 1.71 bits per heavy atom. The summed E-state index contributed by atoms with van der Waals surface area (Å²) in [5.41, 5.74) is 3.14. The maximum atomic E-state index is 13.3. The van der Waals surface area contributed by atoms with E-state index in [-0.39, 0.29) is 5.75 Å². The molecule has 0 unspecified atom stereocenters. The Kier molecular flexibility index (Phi) is 3.20. The predicted octanol–water partition coefficient (Wildman–Crippen LogP) is 3.04. The smallest absolute Gasteiger partial charge is 0.165 e. The van der Waals surface area contributed by atoms with Crippen molar-refractivity contribution in [3.8, 4) is 11.5 Å². The van der Waals surface area contributed by atoms with Crippen molar-refractivity contribution in [1.82, 2.24) is 0 Å². The number of hydrogen-bond donors (Lipinski definition) is 2. The fraction of sp³-hybridized carbons (Fsp3) is 0. The molecule has 0 aromatic heterocycles. The molecule has 0 aliphatic rings. The highest BCUT2D eigenvalue weighted by atomic mass is 19.1. The lowest BCUT2D eigenvalue weighted by Gasteiger charge is -2.07. The monoisotopic (exact) mass is 236 g/mol. The standard InChI is InChI=1S/C12H10F2N2O/c13-8-1-6-11(14)12(7-8)17-10-4-2-9(16-15)3-5-10/h1-7,16H,15H2. The molecule has 0 fully saturated rings. The van der Waals surface area contributed by atoms with Crippen molar-refractivity contribution < 1.29 is 13.5 Å². The third kappa shape index (κ3) is 2.70. The van der Waals surface area contributed by atoms with E-state index in [4.69, 9.17) is 10.6 Å². The molecular weight excluding hydrogens is 226 g/mol. The molecule has 2 aromatic rings. The zero-order valence-corrected chi connectivity index (χ0v) is 8.78. The number of halogens is 2. The lowest BCUT2D eigenvalue weighted by molar-refractivity contribution is 0.436. The van der Waals surface area contributed by atoms with Crippen LogP contribution < -0.4 is 16.0 Å². The summed E-state index contributed by atoms with van der Waals surface area (Å²) in [7, 11) is 0. The number of rotatable bonds is 3. The first kappa shape index (κ1) is 11.3. The normalized spacial score (nSPS) is 10.1. The summed E-state index contributed by atoms with van der Waals surface area (Å²) in [6, 6.07) is 9.55. The van der Waals surface area contributed by atoms with Gasteiger partial charge in [0.2, 0.25) is 0 Å². The molecule has 0 bridgehead atoms. The molecule has 0 aliphatic heterocycles. The van der Waals surface area contributed by atoms with Crippen molar-refractivity contribution in [3.63, 3.8) is 0 Å². The van der Waals surface area contributed by atoms with Crippen molar-refractivity contribution in [2.45, 2.75) is 0 Å². The third-order valence-corrected chi connectivity index (χ3v) is 2.14. The Hall–Kier alpha value is -2.14. The van der Waals surface area contributed by atoms with Crippen molar-refractivity contribution in [2.75, 3.05) is 5.43 Å². The highest BCUT2D eigenvalue weighted by Crippen LogP contribution is 2.25. The van der Waals surface area contributed by atoms with E-state index in [0.717, 1.165) is 18.2 Å². The molecule has 88 valence electrons. The van der Waals surface area contributed by atoms with Crippen LogP contribution in [-0.2, 0) is 0 Å². The minimum absolute atomic E-state index is 0.154. The van der Waals surface area contributed by atoms with Crippen LogP contribution in [0.5, 0.6) is 11.5 Å². The first-order valence-electron chi connectivity index (χ1n) is 4.88. The average molecular weight is 236 g/mol. The van der Waals surface area contributed by atoms with Crippen LogP contribution >= 0.6 is 0 Å². The summed E-state index contributed by atoms with van der Waals surface area (Å²) in [6.07, 6.45) is 0. The van der Waals surface area contributed by atoms with Crippen molar-refractivity contribution in [1.29, 1.82) is 0 Å². The van der Waals surface area contributed by atoms with Crippen LogP contribution in [0.2, 0.25) is 0 Å². The van der Waals surface area contributed by atoms with Gasteiger partial charge in [0.15, 0.2) is 11.6 Å². The second kappa shape index (κ2) is 4.80. The van der Waals surface area contributed by atoms with Crippen molar-refractivity contribution in [2.24, 2.45) is 5.84 Å². The lowest BCUT2D eigenvalue weighted by atomic mass is 10.3. The van der Waals surface area contributed by atoms with E-state index in [2.05, 4.69) is 5.43 Å². The summed E-state index contributed by atoms with van der Waals surface area (Å²) in [5.74, 6) is 4.27. The summed E-state index contributed by atoms with van der Waals surface area (Å²) in [6.45, 7) is 0. The number of ether oxygens (including phenoxy) is 1. The molecule has 2 aromatic carbocycles. The van der Waals surface area contributed by atoms with Gasteiger partial charge >= 0.3 is 0 Å². The largest absolute Gasteiger partial charge is 0.454 e. The van der Waals surface area contributed by atoms with Gasteiger partial charge in [0.05, 0.1) is 0 Å². The Bertz CT molecular complexity index is 514. The highest BCUT2D eigenvalue weighted by molar-refractivity contribution is 5.46. The number of nitrogen functional groups attached to an aromatic ring is 1. The number of hydrogen-bond acceptors (Lipinski definition) is 3. The molecule has 3 nitrogen and oxygen atoms in total. The summed E-state index contributed by atoms with van der Waals surface area (Å²) in [5, 5.41) is 0. The van der Waals surface area contributed by atoms with Gasteiger partial charge in [-0.25, -0.2) is 8.78 Å². The first-order chi connectivity index (χ1) is 8.19. The van der Waals surface area contributed by atoms with E-state index in [1.54, 1.807) is 24.3 Å². The minimum Gasteiger partial charge on any atom is -0.454 e. The zero-order valence-electron chi connectivity index (χ0n) is 8.78. The summed E-state index contributed by atoms with van der Waals surface area (Å²) >= 11 is 0. The molecule has 0 spiro atoms. The molecule has 0 aliphatic carbocycles. The lowest BCUT2D eigenvalue weighted by Crippen LogP contribution is -2.05. The second-order valence-corrected chi connectivity index (χ2v) is 3.35. The summed E-state index contributed by atoms with van der Waals surface area (Å²) < 4.78 is 31.4. The van der Waals surface area contributed by atoms with Gasteiger partial charge in [0.1, 0.15) is 11.6 Å². The van der Waals surface area contributed by atoms with Gasteiger partial charge in [-0.1, -0.05) is 0 Å². The quantitative estimate of drug-likeness (QED) is 0.636. The molecule has 0 heterocycles. The molecule has 5 heteroatoms. The SMILES string of the molecule is NNc1ccc(Oc2cc(F)ccc2F)cc1. The van der Waals surface area contributed by atoms with Gasteiger partial charge < -0.3 is 10.2 Å². The highest BCUT2D eigenvalue weighted by Gasteiger charge is 2.06. The van der Waals surface area contributed by atoms with E-state index in [1.165, 1.54) is 0 Å². The second-order valence-electron chi connectivity index (χ2n) is 3.35. The first-order valence-corrected chi connectivity index (χ1v) is 4.88. The number of nitrogens with two attached hydrogens (primary N) is 1. The third-order valence-electron chi connectivity index (χ3n) is 2.14. The van der Waals surface area contributed by atoms with E-state index < -0.39 is 11.6 Å². The van der Waals surface area contributed by atoms with E-state index in [0.29, 0.717) is 11.4 Å². The maximum Gasteiger partial charge on any atom is 0.165 e. The van der Waals surface area contributed by atoms with Crippen LogP contribution in [0.4, 0.5) is 14.5 Å². The Morgan fingerprint density at radius 3 is 2.35 bits per heavy atom. The van der Waals surface area contributed by atoms with Crippen LogP contribution in [0.25, 0.3) is 0 Å². The molecular formula is C12H10F2N2O. The topological polar surface area (TPSA) is 47.3 Å². The number of anilines is 1. The van der Waals surface area contributed by atoms with Crippen LogP contribution in [-0.4, -0.2) is 0 Å². The molecule has 0 saturated heterocycles. The zero-order chi connectivity index (χ0) is 12.3. The van der Waals surface area contributed by atoms with Crippen LogP contribution in [0.1, 0.15) is 0 Å². The Labute approximate surface area is 96.8 Å². The fourth-order valence-electron chi connectivity index (χ4n) is 1.30. The van der Waals surface area contributed by atoms with Crippen LogP contribution in [0.3, 0.4) is 0 Å². The van der Waals surface area contributed by atoms with Gasteiger partial charge in [0, 0.05) is 11.8 Å². The summed E-state index contributed by atoms with van der Waals surface area (Å²) in [4.78, 5) is 0. The van der Waals surface area contributed by atoms with Crippen LogP contribution in [0.15, 0.2) is 42.5 Å². The van der Waals surface area contributed by atoms with Gasteiger partial charge in [-0.3, -0.25) is 5.84 Å². The molecule has 0 amide bonds. The van der Waals surface area contributed by atoms with E-state index >= 15 is 0 Å². The van der Waals surface area contributed by atoms with Gasteiger partial charge in [-0.15, -0.1) is 0 Å². The van der Waals surface area contributed by atoms with Gasteiger partial charge in [-0.2, -0.15) is 0 Å². The molecule has 17 heavy (non-hydrogen) atoms. The molecule has 2 rings (SSSR count). The van der Waals surface area contributed by atoms with Crippen molar-refractivity contribution >= 4 is 5.69 Å². The fourth-order valence-corrected chi connectivity index (χ4v) is 1.30. The Balaban J connectivity index is 2.22.